The molecular formula is C18H12ClF3N4O3. The van der Waals surface area contributed by atoms with Crippen molar-refractivity contribution in [3.8, 4) is 11.4 Å². The summed E-state index contributed by atoms with van der Waals surface area (Å²) in [4.78, 5) is 23.2. The Balaban J connectivity index is 1.87. The molecule has 0 aliphatic heterocycles. The van der Waals surface area contributed by atoms with E-state index in [0.717, 1.165) is 6.20 Å². The molecule has 0 aliphatic rings. The number of hydrogen-bond acceptors (Lipinski definition) is 4. The van der Waals surface area contributed by atoms with Crippen LogP contribution in [0.2, 0.25) is 5.02 Å². The minimum atomic E-state index is -4.86. The van der Waals surface area contributed by atoms with E-state index in [2.05, 4.69) is 10.4 Å². The SMILES string of the molecule is NC(=O)c1cccc(NC(=O)Oc2cnn(-c3ccc(Cl)cc3)c2C(F)(F)F)c1. The molecule has 11 heteroatoms. The fourth-order valence-corrected chi connectivity index (χ4v) is 2.57. The third-order valence-corrected chi connectivity index (χ3v) is 3.92. The van der Waals surface area contributed by atoms with Crippen molar-refractivity contribution < 1.29 is 27.5 Å². The van der Waals surface area contributed by atoms with Gasteiger partial charge in [-0.3, -0.25) is 10.1 Å². The summed E-state index contributed by atoms with van der Waals surface area (Å²) in [6.45, 7) is 0. The molecule has 0 fully saturated rings. The third kappa shape index (κ3) is 4.66. The van der Waals surface area contributed by atoms with Gasteiger partial charge < -0.3 is 10.5 Å². The summed E-state index contributed by atoms with van der Waals surface area (Å²) in [5, 5.41) is 6.23. The highest BCUT2D eigenvalue weighted by Crippen LogP contribution is 2.37. The number of amides is 2. The van der Waals surface area contributed by atoms with Crippen LogP contribution in [-0.4, -0.2) is 21.8 Å². The quantitative estimate of drug-likeness (QED) is 0.653. The first kappa shape index (κ1) is 20.2. The van der Waals surface area contributed by atoms with Crippen LogP contribution in [0.15, 0.2) is 54.7 Å². The Bertz CT molecular complexity index is 1060. The maximum atomic E-state index is 13.6. The van der Waals surface area contributed by atoms with Crippen LogP contribution in [0.25, 0.3) is 5.69 Å². The predicted molar refractivity (Wildman–Crippen MR) is 98.2 cm³/mol. The van der Waals surface area contributed by atoms with Gasteiger partial charge in [0.15, 0.2) is 11.4 Å². The van der Waals surface area contributed by atoms with Crippen molar-refractivity contribution in [3.05, 3.63) is 71.0 Å². The number of aromatic nitrogens is 2. The van der Waals surface area contributed by atoms with Crippen molar-refractivity contribution in [2.45, 2.75) is 6.18 Å². The fourth-order valence-electron chi connectivity index (χ4n) is 2.44. The molecule has 1 aromatic heterocycles. The van der Waals surface area contributed by atoms with Crippen LogP contribution in [0.1, 0.15) is 16.1 Å². The first-order valence-electron chi connectivity index (χ1n) is 7.95. The Morgan fingerprint density at radius 3 is 2.45 bits per heavy atom. The summed E-state index contributed by atoms with van der Waals surface area (Å²) in [6.07, 6.45) is -5.29. The Morgan fingerprint density at radius 2 is 1.83 bits per heavy atom. The molecule has 0 atom stereocenters. The van der Waals surface area contributed by atoms with Crippen LogP contribution in [0.3, 0.4) is 0 Å². The highest BCUT2D eigenvalue weighted by atomic mass is 35.5. The third-order valence-electron chi connectivity index (χ3n) is 3.67. The van der Waals surface area contributed by atoms with Crippen molar-refractivity contribution in [1.29, 1.82) is 0 Å². The number of hydrogen-bond donors (Lipinski definition) is 2. The number of rotatable bonds is 4. The zero-order valence-electron chi connectivity index (χ0n) is 14.4. The molecule has 0 spiro atoms. The van der Waals surface area contributed by atoms with Crippen molar-refractivity contribution in [1.82, 2.24) is 9.78 Å². The first-order valence-corrected chi connectivity index (χ1v) is 8.33. The van der Waals surface area contributed by atoms with Gasteiger partial charge in [-0.15, -0.1) is 0 Å². The van der Waals surface area contributed by atoms with Gasteiger partial charge in [-0.2, -0.15) is 18.3 Å². The summed E-state index contributed by atoms with van der Waals surface area (Å²) in [5.74, 6) is -1.53. The minimum absolute atomic E-state index is 0.0751. The highest BCUT2D eigenvalue weighted by molar-refractivity contribution is 6.30. The second-order valence-corrected chi connectivity index (χ2v) is 6.14. The maximum absolute atomic E-state index is 13.6. The number of nitrogens with two attached hydrogens (primary N) is 1. The van der Waals surface area contributed by atoms with Crippen molar-refractivity contribution >= 4 is 29.3 Å². The highest BCUT2D eigenvalue weighted by Gasteiger charge is 2.40. The Labute approximate surface area is 166 Å². The molecular weight excluding hydrogens is 413 g/mol. The molecule has 0 unspecified atom stereocenters. The number of halogens is 4. The Hall–Kier alpha value is -3.53. The molecule has 2 amide bonds. The molecule has 29 heavy (non-hydrogen) atoms. The molecule has 0 saturated heterocycles. The second kappa shape index (κ2) is 7.84. The summed E-state index contributed by atoms with van der Waals surface area (Å²) in [5.41, 5.74) is 4.16. The van der Waals surface area contributed by atoms with Crippen LogP contribution in [0.4, 0.5) is 23.7 Å². The molecule has 7 nitrogen and oxygen atoms in total. The molecule has 150 valence electrons. The van der Waals surface area contributed by atoms with E-state index in [0.29, 0.717) is 9.70 Å². The number of benzene rings is 2. The van der Waals surface area contributed by atoms with Gasteiger partial charge in [0.05, 0.1) is 11.9 Å². The molecule has 0 aliphatic carbocycles. The van der Waals surface area contributed by atoms with E-state index in [-0.39, 0.29) is 16.9 Å². The monoisotopic (exact) mass is 424 g/mol. The lowest BCUT2D eigenvalue weighted by Gasteiger charge is -2.13. The van der Waals surface area contributed by atoms with Crippen LogP contribution in [0.5, 0.6) is 5.75 Å². The average Bonchev–Trinajstić information content (AvgIpc) is 3.06. The standard InChI is InChI=1S/C18H12ClF3N4O3/c19-11-4-6-13(7-5-11)26-15(18(20,21)22)14(9-24-26)29-17(28)25-12-3-1-2-10(8-12)16(23)27/h1-9H,(H2,23,27)(H,25,28). The minimum Gasteiger partial charge on any atom is -0.406 e. The summed E-state index contributed by atoms with van der Waals surface area (Å²) >= 11 is 5.75. The van der Waals surface area contributed by atoms with Gasteiger partial charge in [-0.1, -0.05) is 17.7 Å². The summed E-state index contributed by atoms with van der Waals surface area (Å²) < 4.78 is 46.1. The molecule has 3 aromatic rings. The van der Waals surface area contributed by atoms with Gasteiger partial charge in [0, 0.05) is 16.3 Å². The van der Waals surface area contributed by atoms with E-state index >= 15 is 0 Å². The van der Waals surface area contributed by atoms with E-state index in [4.69, 9.17) is 22.1 Å². The van der Waals surface area contributed by atoms with E-state index < -0.39 is 29.6 Å². The van der Waals surface area contributed by atoms with E-state index in [1.54, 1.807) is 0 Å². The molecule has 2 aromatic carbocycles. The van der Waals surface area contributed by atoms with Crippen LogP contribution in [0, 0.1) is 0 Å². The van der Waals surface area contributed by atoms with E-state index in [1.165, 1.54) is 48.5 Å². The Kier molecular flexibility index (Phi) is 5.46. The van der Waals surface area contributed by atoms with Gasteiger partial charge in [-0.25, -0.2) is 9.48 Å². The van der Waals surface area contributed by atoms with Gasteiger partial charge in [0.1, 0.15) is 0 Å². The first-order chi connectivity index (χ1) is 13.6. The topological polar surface area (TPSA) is 99.2 Å². The maximum Gasteiger partial charge on any atom is 0.437 e. The normalized spacial score (nSPS) is 11.2. The van der Waals surface area contributed by atoms with Crippen LogP contribution in [-0.2, 0) is 6.18 Å². The lowest BCUT2D eigenvalue weighted by Crippen LogP contribution is -2.20. The fraction of sp³-hybridized carbons (Fsp3) is 0.0556. The number of carbonyl (C=O) groups is 2. The Morgan fingerprint density at radius 1 is 1.14 bits per heavy atom. The molecule has 1 heterocycles. The van der Waals surface area contributed by atoms with Crippen LogP contribution >= 0.6 is 11.6 Å². The average molecular weight is 425 g/mol. The van der Waals surface area contributed by atoms with Gasteiger partial charge in [-0.05, 0) is 42.5 Å². The van der Waals surface area contributed by atoms with Crippen molar-refractivity contribution in [3.63, 3.8) is 0 Å². The van der Waals surface area contributed by atoms with Crippen molar-refractivity contribution in [2.75, 3.05) is 5.32 Å². The zero-order chi connectivity index (χ0) is 21.2. The molecule has 0 saturated carbocycles. The number of carbonyl (C=O) groups excluding carboxylic acids is 2. The lowest BCUT2D eigenvalue weighted by molar-refractivity contribution is -0.143. The predicted octanol–water partition coefficient (Wildman–Crippen LogP) is 4.25. The largest absolute Gasteiger partial charge is 0.437 e. The smallest absolute Gasteiger partial charge is 0.406 e. The summed E-state index contributed by atoms with van der Waals surface area (Å²) in [7, 11) is 0. The number of nitrogens with one attached hydrogen (secondary N) is 1. The lowest BCUT2D eigenvalue weighted by atomic mass is 10.2. The molecule has 0 bridgehead atoms. The van der Waals surface area contributed by atoms with E-state index in [9.17, 15) is 22.8 Å². The number of primary amides is 1. The number of nitrogens with zero attached hydrogens (tertiary/aromatic N) is 2. The summed E-state index contributed by atoms with van der Waals surface area (Å²) in [6, 6.07) is 11.0. The zero-order valence-corrected chi connectivity index (χ0v) is 15.2. The van der Waals surface area contributed by atoms with E-state index in [1.807, 2.05) is 0 Å². The van der Waals surface area contributed by atoms with Gasteiger partial charge in [0.25, 0.3) is 0 Å². The molecule has 3 rings (SSSR count). The van der Waals surface area contributed by atoms with Crippen LogP contribution < -0.4 is 15.8 Å². The second-order valence-electron chi connectivity index (χ2n) is 5.70. The number of alkyl halides is 3. The van der Waals surface area contributed by atoms with Gasteiger partial charge >= 0.3 is 12.3 Å². The number of anilines is 1. The van der Waals surface area contributed by atoms with Gasteiger partial charge in [0.2, 0.25) is 5.91 Å². The molecule has 3 N–H and O–H groups in total. The number of ether oxygens (including phenoxy) is 1. The van der Waals surface area contributed by atoms with Crippen molar-refractivity contribution in [2.24, 2.45) is 5.73 Å². The molecule has 0 radical (unpaired) electrons.